The van der Waals surface area contributed by atoms with Crippen molar-refractivity contribution in [3.63, 3.8) is 0 Å². The van der Waals surface area contributed by atoms with Gasteiger partial charge in [0.05, 0.1) is 6.54 Å². The number of nitrogens with one attached hydrogen (secondary N) is 1. The first-order valence-electron chi connectivity index (χ1n) is 6.24. The van der Waals surface area contributed by atoms with Crippen molar-refractivity contribution in [2.45, 2.75) is 20.4 Å². The Balaban J connectivity index is 2.41. The molecule has 0 bridgehead atoms. The molecule has 0 unspecified atom stereocenters. The summed E-state index contributed by atoms with van der Waals surface area (Å²) in [5.41, 5.74) is 0. The highest BCUT2D eigenvalue weighted by Gasteiger charge is 2.10. The summed E-state index contributed by atoms with van der Waals surface area (Å²) in [5, 5.41) is 4.99. The van der Waals surface area contributed by atoms with Gasteiger partial charge in [0, 0.05) is 24.5 Å². The molecule has 0 atom stereocenters. The van der Waals surface area contributed by atoms with Gasteiger partial charge in [-0.3, -0.25) is 9.69 Å². The highest BCUT2D eigenvalue weighted by atomic mass is 32.1. The molecule has 1 aromatic heterocycles. The topological polar surface area (TPSA) is 32.3 Å². The van der Waals surface area contributed by atoms with E-state index in [-0.39, 0.29) is 5.91 Å². The monoisotopic (exact) mass is 266 g/mol. The Morgan fingerprint density at radius 3 is 2.94 bits per heavy atom. The lowest BCUT2D eigenvalue weighted by Crippen LogP contribution is -2.38. The molecule has 0 saturated heterocycles. The summed E-state index contributed by atoms with van der Waals surface area (Å²) in [6.07, 6.45) is 1.84. The van der Waals surface area contributed by atoms with Gasteiger partial charge in [0.15, 0.2) is 0 Å². The van der Waals surface area contributed by atoms with Crippen molar-refractivity contribution in [3.05, 3.63) is 35.0 Å². The molecule has 1 amide bonds. The first kappa shape index (κ1) is 14.9. The normalized spacial score (nSPS) is 10.9. The molecule has 18 heavy (non-hydrogen) atoms. The number of hydrogen-bond donors (Lipinski definition) is 1. The predicted octanol–water partition coefficient (Wildman–Crippen LogP) is 2.51. The molecule has 3 nitrogen and oxygen atoms in total. The van der Waals surface area contributed by atoms with Gasteiger partial charge in [0.1, 0.15) is 0 Å². The average molecular weight is 266 g/mol. The number of rotatable bonds is 8. The zero-order chi connectivity index (χ0) is 13.4. The van der Waals surface area contributed by atoms with Crippen molar-refractivity contribution in [3.8, 4) is 0 Å². The molecule has 1 N–H and O–H groups in total. The highest BCUT2D eigenvalue weighted by molar-refractivity contribution is 7.09. The van der Waals surface area contributed by atoms with E-state index < -0.39 is 0 Å². The molecular formula is C14H22N2OS. The summed E-state index contributed by atoms with van der Waals surface area (Å²) in [4.78, 5) is 15.1. The third-order valence-electron chi connectivity index (χ3n) is 2.42. The Bertz CT molecular complexity index is 360. The minimum Gasteiger partial charge on any atom is -0.355 e. The van der Waals surface area contributed by atoms with Gasteiger partial charge in [-0.15, -0.1) is 17.9 Å². The van der Waals surface area contributed by atoms with E-state index in [1.165, 1.54) is 4.88 Å². The number of carbonyl (C=O) groups excluding carboxylic acids is 1. The van der Waals surface area contributed by atoms with Crippen molar-refractivity contribution in [1.82, 2.24) is 10.2 Å². The molecule has 0 aliphatic rings. The van der Waals surface area contributed by atoms with Crippen molar-refractivity contribution >= 4 is 17.2 Å². The van der Waals surface area contributed by atoms with E-state index >= 15 is 0 Å². The van der Waals surface area contributed by atoms with Crippen LogP contribution in [0.5, 0.6) is 0 Å². The molecule has 100 valence electrons. The van der Waals surface area contributed by atoms with E-state index in [2.05, 4.69) is 42.1 Å². The fourth-order valence-electron chi connectivity index (χ4n) is 1.57. The molecule has 1 heterocycles. The zero-order valence-electron chi connectivity index (χ0n) is 11.2. The molecule has 1 aromatic rings. The highest BCUT2D eigenvalue weighted by Crippen LogP contribution is 2.11. The molecular weight excluding hydrogens is 244 g/mol. The molecule has 0 aromatic carbocycles. The number of carbonyl (C=O) groups is 1. The smallest absolute Gasteiger partial charge is 0.234 e. The Labute approximate surface area is 114 Å². The summed E-state index contributed by atoms with van der Waals surface area (Å²) in [6, 6.07) is 4.12. The van der Waals surface area contributed by atoms with Gasteiger partial charge in [-0.1, -0.05) is 26.0 Å². The standard InChI is InChI=1S/C14H22N2OS/c1-4-7-16(10-13-6-5-8-18-13)11-14(17)15-9-12(2)3/h4-6,8,12H,1,7,9-11H2,2-3H3,(H,15,17). The van der Waals surface area contributed by atoms with Gasteiger partial charge in [-0.05, 0) is 17.4 Å². The minimum absolute atomic E-state index is 0.0853. The lowest BCUT2D eigenvalue weighted by molar-refractivity contribution is -0.122. The van der Waals surface area contributed by atoms with Crippen LogP contribution in [0.2, 0.25) is 0 Å². The second-order valence-electron chi connectivity index (χ2n) is 4.74. The van der Waals surface area contributed by atoms with Crippen LogP contribution in [0.1, 0.15) is 18.7 Å². The van der Waals surface area contributed by atoms with Crippen LogP contribution in [-0.4, -0.2) is 30.4 Å². The maximum atomic E-state index is 11.8. The lowest BCUT2D eigenvalue weighted by atomic mass is 10.2. The summed E-state index contributed by atoms with van der Waals surface area (Å²) >= 11 is 1.71. The zero-order valence-corrected chi connectivity index (χ0v) is 12.0. The van der Waals surface area contributed by atoms with E-state index in [1.54, 1.807) is 11.3 Å². The van der Waals surface area contributed by atoms with Crippen LogP contribution in [0, 0.1) is 5.92 Å². The Morgan fingerprint density at radius 2 is 2.39 bits per heavy atom. The Morgan fingerprint density at radius 1 is 1.61 bits per heavy atom. The number of thiophene rings is 1. The lowest BCUT2D eigenvalue weighted by Gasteiger charge is -2.19. The molecule has 0 fully saturated rings. The van der Waals surface area contributed by atoms with E-state index in [4.69, 9.17) is 0 Å². The summed E-state index contributed by atoms with van der Waals surface area (Å²) in [7, 11) is 0. The maximum Gasteiger partial charge on any atom is 0.234 e. The molecule has 0 aliphatic heterocycles. The van der Waals surface area contributed by atoms with Crippen LogP contribution >= 0.6 is 11.3 Å². The van der Waals surface area contributed by atoms with Crippen molar-refractivity contribution in [2.75, 3.05) is 19.6 Å². The Kier molecular flexibility index (Phi) is 6.68. The van der Waals surface area contributed by atoms with Gasteiger partial charge >= 0.3 is 0 Å². The molecule has 4 heteroatoms. The van der Waals surface area contributed by atoms with E-state index in [9.17, 15) is 4.79 Å². The van der Waals surface area contributed by atoms with E-state index in [1.807, 2.05) is 12.1 Å². The van der Waals surface area contributed by atoms with Crippen molar-refractivity contribution in [2.24, 2.45) is 5.92 Å². The van der Waals surface area contributed by atoms with Crippen LogP contribution in [0.4, 0.5) is 0 Å². The van der Waals surface area contributed by atoms with Gasteiger partial charge in [0.25, 0.3) is 0 Å². The van der Waals surface area contributed by atoms with Crippen LogP contribution in [0.15, 0.2) is 30.2 Å². The number of amides is 1. The van der Waals surface area contributed by atoms with Crippen molar-refractivity contribution < 1.29 is 4.79 Å². The number of hydrogen-bond acceptors (Lipinski definition) is 3. The fraction of sp³-hybridized carbons (Fsp3) is 0.500. The van der Waals surface area contributed by atoms with Gasteiger partial charge in [-0.2, -0.15) is 0 Å². The quantitative estimate of drug-likeness (QED) is 0.733. The van der Waals surface area contributed by atoms with Crippen LogP contribution in [-0.2, 0) is 11.3 Å². The number of nitrogens with zero attached hydrogens (tertiary/aromatic N) is 1. The summed E-state index contributed by atoms with van der Waals surface area (Å²) < 4.78 is 0. The van der Waals surface area contributed by atoms with Crippen LogP contribution in [0.3, 0.4) is 0 Å². The summed E-state index contributed by atoms with van der Waals surface area (Å²) in [6.45, 7) is 10.6. The molecule has 0 spiro atoms. The average Bonchev–Trinajstić information content (AvgIpc) is 2.79. The molecule has 0 saturated carbocycles. The van der Waals surface area contributed by atoms with E-state index in [0.29, 0.717) is 12.5 Å². The molecule has 0 aliphatic carbocycles. The van der Waals surface area contributed by atoms with Gasteiger partial charge < -0.3 is 5.32 Å². The second kappa shape index (κ2) is 8.06. The molecule has 1 rings (SSSR count). The van der Waals surface area contributed by atoms with Gasteiger partial charge in [0.2, 0.25) is 5.91 Å². The molecule has 0 radical (unpaired) electrons. The van der Waals surface area contributed by atoms with E-state index in [0.717, 1.165) is 19.6 Å². The second-order valence-corrected chi connectivity index (χ2v) is 5.77. The van der Waals surface area contributed by atoms with Gasteiger partial charge in [-0.25, -0.2) is 0 Å². The van der Waals surface area contributed by atoms with Crippen LogP contribution in [0.25, 0.3) is 0 Å². The first-order valence-corrected chi connectivity index (χ1v) is 7.12. The maximum absolute atomic E-state index is 11.8. The SMILES string of the molecule is C=CCN(CC(=O)NCC(C)C)Cc1cccs1. The summed E-state index contributed by atoms with van der Waals surface area (Å²) in [5.74, 6) is 0.571. The first-order chi connectivity index (χ1) is 8.61. The minimum atomic E-state index is 0.0853. The third-order valence-corrected chi connectivity index (χ3v) is 3.28. The van der Waals surface area contributed by atoms with Crippen LogP contribution < -0.4 is 5.32 Å². The largest absolute Gasteiger partial charge is 0.355 e. The third kappa shape index (κ3) is 5.98. The fourth-order valence-corrected chi connectivity index (χ4v) is 2.31. The van der Waals surface area contributed by atoms with Crippen molar-refractivity contribution in [1.29, 1.82) is 0 Å². The Hall–Kier alpha value is -1.13. The predicted molar refractivity (Wildman–Crippen MR) is 77.6 cm³/mol.